The number of ether oxygens (including phenoxy) is 1. The van der Waals surface area contributed by atoms with Gasteiger partial charge < -0.3 is 9.72 Å². The predicted molar refractivity (Wildman–Crippen MR) is 62.9 cm³/mol. The van der Waals surface area contributed by atoms with E-state index >= 15 is 0 Å². The van der Waals surface area contributed by atoms with Crippen molar-refractivity contribution in [2.24, 2.45) is 0 Å². The number of aromatic nitrogens is 1. The van der Waals surface area contributed by atoms with Gasteiger partial charge in [-0.1, -0.05) is 12.2 Å². The highest BCUT2D eigenvalue weighted by molar-refractivity contribution is 7.71. The van der Waals surface area contributed by atoms with Crippen molar-refractivity contribution in [1.29, 1.82) is 0 Å². The van der Waals surface area contributed by atoms with Gasteiger partial charge in [0.05, 0.1) is 5.56 Å². The predicted octanol–water partition coefficient (Wildman–Crippen LogP) is 3.52. The average molecular weight is 303 g/mol. The number of H-pyrrole nitrogens is 1. The van der Waals surface area contributed by atoms with Crippen LogP contribution in [0, 0.1) is 27.9 Å². The minimum Gasteiger partial charge on any atom is -0.416 e. The molecule has 2 rings (SSSR count). The van der Waals surface area contributed by atoms with Crippen molar-refractivity contribution in [3.05, 3.63) is 57.9 Å². The van der Waals surface area contributed by atoms with E-state index in [0.29, 0.717) is 4.64 Å². The highest BCUT2D eigenvalue weighted by atomic mass is 32.1. The molecule has 0 fully saturated rings. The van der Waals surface area contributed by atoms with E-state index in [9.17, 15) is 22.4 Å². The molecule has 20 heavy (non-hydrogen) atoms. The number of nitrogens with one attached hydrogen (secondary N) is 1. The molecule has 0 aliphatic rings. The Morgan fingerprint density at radius 2 is 1.70 bits per heavy atom. The third-order valence-corrected chi connectivity index (χ3v) is 2.54. The lowest BCUT2D eigenvalue weighted by Gasteiger charge is -2.07. The molecular weight excluding hydrogens is 298 g/mol. The van der Waals surface area contributed by atoms with Gasteiger partial charge in [-0.2, -0.15) is 8.78 Å². The van der Waals surface area contributed by atoms with E-state index in [0.717, 1.165) is 6.20 Å². The van der Waals surface area contributed by atoms with Crippen molar-refractivity contribution in [2.45, 2.75) is 0 Å². The van der Waals surface area contributed by atoms with Crippen LogP contribution in [0.4, 0.5) is 17.6 Å². The minimum atomic E-state index is -1.79. The van der Waals surface area contributed by atoms with E-state index in [2.05, 4.69) is 9.72 Å². The van der Waals surface area contributed by atoms with Crippen LogP contribution >= 0.6 is 12.2 Å². The van der Waals surface area contributed by atoms with Crippen LogP contribution in [0.25, 0.3) is 0 Å². The van der Waals surface area contributed by atoms with E-state index in [1.165, 1.54) is 12.1 Å². The average Bonchev–Trinajstić information content (AvgIpc) is 2.42. The Morgan fingerprint density at radius 1 is 1.10 bits per heavy atom. The molecule has 8 heteroatoms. The van der Waals surface area contributed by atoms with Gasteiger partial charge in [-0.25, -0.2) is 13.6 Å². The summed E-state index contributed by atoms with van der Waals surface area (Å²) in [6.45, 7) is 0. The monoisotopic (exact) mass is 303 g/mol. The van der Waals surface area contributed by atoms with Crippen molar-refractivity contribution >= 4 is 18.2 Å². The number of carbonyl (C=O) groups excluding carboxylic acids is 1. The first-order valence-corrected chi connectivity index (χ1v) is 5.55. The van der Waals surface area contributed by atoms with Crippen LogP contribution in [-0.4, -0.2) is 11.0 Å². The molecule has 0 atom stereocenters. The van der Waals surface area contributed by atoms with Crippen molar-refractivity contribution in [3.8, 4) is 5.75 Å². The number of halogens is 4. The molecule has 1 heterocycles. The topological polar surface area (TPSA) is 42.1 Å². The van der Waals surface area contributed by atoms with Gasteiger partial charge in [0.15, 0.2) is 11.6 Å². The zero-order chi connectivity index (χ0) is 14.9. The lowest BCUT2D eigenvalue weighted by molar-refractivity contribution is 0.0717. The van der Waals surface area contributed by atoms with E-state index < -0.39 is 35.0 Å². The maximum absolute atomic E-state index is 13.3. The summed E-state index contributed by atoms with van der Waals surface area (Å²) >= 11 is 4.74. The summed E-state index contributed by atoms with van der Waals surface area (Å²) in [5.41, 5.74) is -0.123. The highest BCUT2D eigenvalue weighted by Gasteiger charge is 2.23. The summed E-state index contributed by atoms with van der Waals surface area (Å²) in [6.07, 6.45) is 1.14. The Balaban J connectivity index is 2.37. The fraction of sp³-hybridized carbons (Fsp3) is 0. The molecule has 0 aliphatic heterocycles. The van der Waals surface area contributed by atoms with E-state index in [-0.39, 0.29) is 11.6 Å². The highest BCUT2D eigenvalue weighted by Crippen LogP contribution is 2.27. The Bertz CT molecular complexity index is 698. The fourth-order valence-corrected chi connectivity index (χ4v) is 1.46. The summed E-state index contributed by atoms with van der Waals surface area (Å²) in [6, 6.07) is 2.58. The quantitative estimate of drug-likeness (QED) is 0.303. The third kappa shape index (κ3) is 2.69. The molecule has 0 saturated heterocycles. The van der Waals surface area contributed by atoms with Crippen LogP contribution in [0.2, 0.25) is 0 Å². The van der Waals surface area contributed by atoms with Gasteiger partial charge in [-0.05, 0) is 12.1 Å². The second-order valence-electron chi connectivity index (χ2n) is 3.63. The number of carbonyl (C=O) groups is 1. The molecule has 2 aromatic rings. The number of hydrogen-bond acceptors (Lipinski definition) is 3. The van der Waals surface area contributed by atoms with Gasteiger partial charge in [-0.15, -0.1) is 0 Å². The van der Waals surface area contributed by atoms with Gasteiger partial charge in [-0.3, -0.25) is 0 Å². The molecule has 0 unspecified atom stereocenters. The minimum absolute atomic E-state index is 0.0156. The lowest BCUT2D eigenvalue weighted by atomic mass is 10.2. The van der Waals surface area contributed by atoms with Crippen LogP contribution in [0.5, 0.6) is 5.75 Å². The molecule has 1 aromatic carbocycles. The first-order chi connectivity index (χ1) is 9.40. The second-order valence-corrected chi connectivity index (χ2v) is 4.07. The van der Waals surface area contributed by atoms with E-state index in [4.69, 9.17) is 12.2 Å². The zero-order valence-electron chi connectivity index (χ0n) is 9.55. The first-order valence-electron chi connectivity index (χ1n) is 5.14. The SMILES string of the molecule is O=C(Oc1c(F)c(F)cc(F)c1F)c1ccc(=S)[nH]c1. The smallest absolute Gasteiger partial charge is 0.345 e. The van der Waals surface area contributed by atoms with E-state index in [1.54, 1.807) is 0 Å². The summed E-state index contributed by atoms with van der Waals surface area (Å²) in [7, 11) is 0. The number of hydrogen-bond donors (Lipinski definition) is 1. The van der Waals surface area contributed by atoms with Crippen LogP contribution in [0.1, 0.15) is 10.4 Å². The summed E-state index contributed by atoms with van der Waals surface area (Å²) in [5, 5.41) is 0. The van der Waals surface area contributed by atoms with Crippen molar-refractivity contribution in [2.75, 3.05) is 0 Å². The second kappa shape index (κ2) is 5.41. The molecule has 1 N–H and O–H groups in total. The lowest BCUT2D eigenvalue weighted by Crippen LogP contribution is -2.12. The molecule has 0 amide bonds. The summed E-state index contributed by atoms with van der Waals surface area (Å²) < 4.78 is 57.1. The first kappa shape index (κ1) is 14.2. The number of benzene rings is 1. The Labute approximate surface area is 114 Å². The van der Waals surface area contributed by atoms with Crippen LogP contribution in [0.3, 0.4) is 0 Å². The molecule has 0 bridgehead atoms. The largest absolute Gasteiger partial charge is 0.416 e. The Morgan fingerprint density at radius 3 is 2.20 bits per heavy atom. The molecule has 0 aliphatic carbocycles. The molecule has 1 aromatic heterocycles. The fourth-order valence-electron chi connectivity index (χ4n) is 1.33. The van der Waals surface area contributed by atoms with Crippen molar-refractivity contribution < 1.29 is 27.1 Å². The molecule has 3 nitrogen and oxygen atoms in total. The Hall–Kier alpha value is -2.22. The number of esters is 1. The normalized spacial score (nSPS) is 10.4. The van der Waals surface area contributed by atoms with Gasteiger partial charge >= 0.3 is 5.97 Å². The van der Waals surface area contributed by atoms with Gasteiger partial charge in [0.1, 0.15) is 4.64 Å². The number of pyridine rings is 1. The van der Waals surface area contributed by atoms with Crippen LogP contribution in [-0.2, 0) is 0 Å². The van der Waals surface area contributed by atoms with Crippen LogP contribution < -0.4 is 4.74 Å². The van der Waals surface area contributed by atoms with Gasteiger partial charge in [0.2, 0.25) is 17.4 Å². The summed E-state index contributed by atoms with van der Waals surface area (Å²) in [4.78, 5) is 14.1. The number of rotatable bonds is 2. The Kier molecular flexibility index (Phi) is 3.84. The molecule has 0 saturated carbocycles. The van der Waals surface area contributed by atoms with Crippen molar-refractivity contribution in [1.82, 2.24) is 4.98 Å². The standard InChI is InChI=1S/C12H5F4NO2S/c13-6-3-7(14)10(16)11(9(6)15)19-12(18)5-1-2-8(20)17-4-5/h1-4H,(H,17,20). The maximum atomic E-state index is 13.3. The zero-order valence-corrected chi connectivity index (χ0v) is 10.4. The molecule has 104 valence electrons. The third-order valence-electron chi connectivity index (χ3n) is 2.29. The van der Waals surface area contributed by atoms with Crippen LogP contribution in [0.15, 0.2) is 24.4 Å². The summed E-state index contributed by atoms with van der Waals surface area (Å²) in [5.74, 6) is -9.55. The molecule has 0 spiro atoms. The molecular formula is C12H5F4NO2S. The van der Waals surface area contributed by atoms with Gasteiger partial charge in [0.25, 0.3) is 0 Å². The molecule has 0 radical (unpaired) electrons. The van der Waals surface area contributed by atoms with E-state index in [1.807, 2.05) is 0 Å². The van der Waals surface area contributed by atoms with Gasteiger partial charge in [0, 0.05) is 12.3 Å². The number of aromatic amines is 1. The maximum Gasteiger partial charge on any atom is 0.345 e. The van der Waals surface area contributed by atoms with Crippen molar-refractivity contribution in [3.63, 3.8) is 0 Å².